The van der Waals surface area contributed by atoms with Crippen molar-refractivity contribution in [2.45, 2.75) is 33.7 Å². The molecule has 0 saturated carbocycles. The van der Waals surface area contributed by atoms with E-state index in [0.717, 1.165) is 13.1 Å². The van der Waals surface area contributed by atoms with Gasteiger partial charge in [0.1, 0.15) is 11.5 Å². The van der Waals surface area contributed by atoms with Gasteiger partial charge in [-0.25, -0.2) is 4.79 Å². The number of esters is 1. The molecular formula is C25H30N4O7. The maximum atomic E-state index is 13.3. The topological polar surface area (TPSA) is 146 Å². The lowest BCUT2D eigenvalue weighted by Gasteiger charge is -2.28. The van der Waals surface area contributed by atoms with Crippen LogP contribution in [0.3, 0.4) is 0 Å². The van der Waals surface area contributed by atoms with Gasteiger partial charge < -0.3 is 24.6 Å². The summed E-state index contributed by atoms with van der Waals surface area (Å²) in [5.41, 5.74) is 0.988. The van der Waals surface area contributed by atoms with E-state index >= 15 is 0 Å². The number of benzene rings is 1. The molecule has 0 aliphatic carbocycles. The van der Waals surface area contributed by atoms with Gasteiger partial charge in [-0.05, 0) is 38.1 Å². The van der Waals surface area contributed by atoms with Gasteiger partial charge >= 0.3 is 5.97 Å². The Morgan fingerprint density at radius 1 is 1.25 bits per heavy atom. The highest BCUT2D eigenvalue weighted by molar-refractivity contribution is 6.46. The van der Waals surface area contributed by atoms with Crippen LogP contribution in [0, 0.1) is 24.0 Å². The summed E-state index contributed by atoms with van der Waals surface area (Å²) in [6.45, 7) is 9.28. The fourth-order valence-corrected chi connectivity index (χ4v) is 4.60. The molecule has 2 aromatic rings. The summed E-state index contributed by atoms with van der Waals surface area (Å²) in [6.07, 6.45) is 0. The Labute approximate surface area is 208 Å². The van der Waals surface area contributed by atoms with Crippen LogP contribution >= 0.6 is 0 Å². The number of amides is 1. The lowest BCUT2D eigenvalue weighted by molar-refractivity contribution is -0.384. The van der Waals surface area contributed by atoms with Crippen LogP contribution in [0.2, 0.25) is 0 Å². The Morgan fingerprint density at radius 2 is 1.92 bits per heavy atom. The molecule has 1 atom stereocenters. The number of nitrogens with one attached hydrogen (secondary N) is 1. The predicted octanol–water partition coefficient (Wildman–Crippen LogP) is 3.09. The first kappa shape index (κ1) is 26.6. The number of rotatable bonds is 9. The normalized spacial score (nSPS) is 17.2. The maximum Gasteiger partial charge on any atom is 0.354 e. The van der Waals surface area contributed by atoms with Crippen LogP contribution < -0.4 is 0 Å². The molecule has 11 nitrogen and oxygen atoms in total. The Balaban J connectivity index is 2.22. The van der Waals surface area contributed by atoms with Gasteiger partial charge in [-0.3, -0.25) is 19.7 Å². The third kappa shape index (κ3) is 4.74. The quantitative estimate of drug-likeness (QED) is 0.134. The molecule has 1 aliphatic rings. The average molecular weight is 499 g/mol. The number of ether oxygens (including phenoxy) is 1. The van der Waals surface area contributed by atoms with E-state index in [1.807, 2.05) is 13.8 Å². The summed E-state index contributed by atoms with van der Waals surface area (Å²) in [4.78, 5) is 55.8. The standard InChI is InChI=1S/C25H30N4O7/c1-6-27(7-2)11-12-28-21(16-9-8-10-17(13-16)29(34)35)19(23(31)24(28)32)22(30)18-14(3)20(25(33)36-5)26-15(18)4/h8-10,13,21,26,30H,6-7,11-12H2,1-5H3/b22-19-. The molecule has 2 N–H and O–H groups in total. The number of non-ortho nitro benzene ring substituents is 1. The van der Waals surface area contributed by atoms with Gasteiger partial charge in [-0.2, -0.15) is 0 Å². The summed E-state index contributed by atoms with van der Waals surface area (Å²) < 4.78 is 4.78. The van der Waals surface area contributed by atoms with Crippen molar-refractivity contribution >= 4 is 29.1 Å². The number of nitro benzene ring substituents is 1. The van der Waals surface area contributed by atoms with Crippen LogP contribution in [0.1, 0.15) is 52.8 Å². The number of aryl methyl sites for hydroxylation is 1. The molecule has 1 saturated heterocycles. The van der Waals surface area contributed by atoms with Crippen LogP contribution in [0.4, 0.5) is 5.69 Å². The second kappa shape index (κ2) is 10.7. The zero-order valence-electron chi connectivity index (χ0n) is 21.0. The number of H-pyrrole nitrogens is 1. The number of nitro groups is 1. The highest BCUT2D eigenvalue weighted by Crippen LogP contribution is 2.41. The molecule has 1 aliphatic heterocycles. The van der Waals surface area contributed by atoms with E-state index in [0.29, 0.717) is 23.4 Å². The van der Waals surface area contributed by atoms with Crippen molar-refractivity contribution in [3.8, 4) is 0 Å². The number of carbonyl (C=O) groups excluding carboxylic acids is 3. The predicted molar refractivity (Wildman–Crippen MR) is 132 cm³/mol. The minimum Gasteiger partial charge on any atom is -0.507 e. The number of aromatic nitrogens is 1. The molecule has 1 aromatic heterocycles. The van der Waals surface area contributed by atoms with Gasteiger partial charge in [0.05, 0.1) is 23.6 Å². The fraction of sp³-hybridized carbons (Fsp3) is 0.400. The van der Waals surface area contributed by atoms with Crippen LogP contribution in [-0.4, -0.2) is 75.8 Å². The Kier molecular flexibility index (Phi) is 7.93. The summed E-state index contributed by atoms with van der Waals surface area (Å²) in [6, 6.07) is 4.62. The van der Waals surface area contributed by atoms with Crippen molar-refractivity contribution < 1.29 is 29.2 Å². The molecule has 0 spiro atoms. The molecule has 2 heterocycles. The van der Waals surface area contributed by atoms with Crippen molar-refractivity contribution in [3.05, 3.63) is 68.0 Å². The molecule has 192 valence electrons. The summed E-state index contributed by atoms with van der Waals surface area (Å²) >= 11 is 0. The number of nitrogens with zero attached hydrogens (tertiary/aromatic N) is 3. The van der Waals surface area contributed by atoms with E-state index in [1.165, 1.54) is 30.2 Å². The molecule has 0 bridgehead atoms. The van der Waals surface area contributed by atoms with E-state index in [4.69, 9.17) is 4.74 Å². The third-order valence-corrected chi connectivity index (χ3v) is 6.55. The van der Waals surface area contributed by atoms with Gasteiger partial charge in [0.25, 0.3) is 17.4 Å². The van der Waals surface area contributed by atoms with Crippen LogP contribution in [-0.2, 0) is 14.3 Å². The Bertz CT molecular complexity index is 1240. The highest BCUT2D eigenvalue weighted by Gasteiger charge is 2.46. The number of hydrogen-bond donors (Lipinski definition) is 2. The third-order valence-electron chi connectivity index (χ3n) is 6.55. The first-order chi connectivity index (χ1) is 17.1. The van der Waals surface area contributed by atoms with E-state index in [9.17, 15) is 29.6 Å². The Hall–Kier alpha value is -3.99. The minimum absolute atomic E-state index is 0.110. The fourth-order valence-electron chi connectivity index (χ4n) is 4.60. The molecule has 1 amide bonds. The summed E-state index contributed by atoms with van der Waals surface area (Å²) in [5, 5.41) is 22.8. The number of aliphatic hydroxyl groups excluding tert-OH is 1. The van der Waals surface area contributed by atoms with Gasteiger partial charge in [0, 0.05) is 36.5 Å². The molecule has 11 heteroatoms. The van der Waals surface area contributed by atoms with Gasteiger partial charge in [-0.1, -0.05) is 26.0 Å². The van der Waals surface area contributed by atoms with Crippen LogP contribution in [0.15, 0.2) is 29.8 Å². The zero-order chi connectivity index (χ0) is 26.7. The smallest absolute Gasteiger partial charge is 0.354 e. The lowest BCUT2D eigenvalue weighted by Crippen LogP contribution is -2.38. The van der Waals surface area contributed by atoms with Crippen molar-refractivity contribution in [1.82, 2.24) is 14.8 Å². The average Bonchev–Trinajstić information content (AvgIpc) is 3.30. The minimum atomic E-state index is -1.05. The molecule has 1 unspecified atom stereocenters. The van der Waals surface area contributed by atoms with Crippen LogP contribution in [0.25, 0.3) is 5.76 Å². The summed E-state index contributed by atoms with van der Waals surface area (Å²) in [5.74, 6) is -2.82. The van der Waals surface area contributed by atoms with Crippen molar-refractivity contribution in [2.75, 3.05) is 33.3 Å². The Morgan fingerprint density at radius 3 is 2.50 bits per heavy atom. The number of ketones is 1. The number of methoxy groups -OCH3 is 1. The molecule has 1 aromatic carbocycles. The van der Waals surface area contributed by atoms with E-state index in [1.54, 1.807) is 19.9 Å². The van der Waals surface area contributed by atoms with Gasteiger partial charge in [-0.15, -0.1) is 0 Å². The van der Waals surface area contributed by atoms with E-state index in [2.05, 4.69) is 9.88 Å². The second-order valence-corrected chi connectivity index (χ2v) is 8.49. The highest BCUT2D eigenvalue weighted by atomic mass is 16.6. The first-order valence-corrected chi connectivity index (χ1v) is 11.6. The van der Waals surface area contributed by atoms with Crippen LogP contribution in [0.5, 0.6) is 0 Å². The largest absolute Gasteiger partial charge is 0.507 e. The molecule has 0 radical (unpaired) electrons. The molecule has 36 heavy (non-hydrogen) atoms. The maximum absolute atomic E-state index is 13.3. The van der Waals surface area contributed by atoms with Crippen molar-refractivity contribution in [2.24, 2.45) is 0 Å². The van der Waals surface area contributed by atoms with Crippen molar-refractivity contribution in [1.29, 1.82) is 0 Å². The number of aliphatic hydroxyl groups is 1. The van der Waals surface area contributed by atoms with Crippen molar-refractivity contribution in [3.63, 3.8) is 0 Å². The number of carbonyl (C=O) groups is 3. The first-order valence-electron chi connectivity index (χ1n) is 11.6. The number of likely N-dealkylation sites (tertiary alicyclic amines) is 1. The molecule has 1 fully saturated rings. The zero-order valence-corrected chi connectivity index (χ0v) is 21.0. The van der Waals surface area contributed by atoms with Gasteiger partial charge in [0.2, 0.25) is 0 Å². The number of likely N-dealkylation sites (N-methyl/N-ethyl adjacent to an activating group) is 1. The number of hydrogen-bond acceptors (Lipinski definition) is 8. The molecule has 3 rings (SSSR count). The SMILES string of the molecule is CCN(CC)CCN1C(=O)C(=O)/C(=C(\O)c2c(C)[nH]c(C(=O)OC)c2C)C1c1cccc([N+](=O)[O-])c1. The lowest BCUT2D eigenvalue weighted by atomic mass is 9.93. The monoisotopic (exact) mass is 498 g/mol. The molecular weight excluding hydrogens is 468 g/mol. The number of Topliss-reactive ketones (excluding diaryl/α,β-unsaturated/α-hetero) is 1. The van der Waals surface area contributed by atoms with E-state index < -0.39 is 34.4 Å². The summed E-state index contributed by atoms with van der Waals surface area (Å²) in [7, 11) is 1.22. The van der Waals surface area contributed by atoms with Gasteiger partial charge in [0.15, 0.2) is 0 Å². The van der Waals surface area contributed by atoms with E-state index in [-0.39, 0.29) is 29.1 Å². The second-order valence-electron chi connectivity index (χ2n) is 8.49. The number of aromatic amines is 1.